The Morgan fingerprint density at radius 3 is 2.60 bits per heavy atom. The summed E-state index contributed by atoms with van der Waals surface area (Å²) in [5, 5.41) is 2.84. The van der Waals surface area contributed by atoms with Crippen LogP contribution < -0.4 is 10.2 Å². The number of para-hydroxylation sites is 1. The molecule has 1 atom stereocenters. The van der Waals surface area contributed by atoms with Crippen molar-refractivity contribution in [2.75, 3.05) is 11.4 Å². The van der Waals surface area contributed by atoms with Crippen LogP contribution in [0.4, 0.5) is 5.69 Å². The first-order valence-corrected chi connectivity index (χ1v) is 10.4. The zero-order chi connectivity index (χ0) is 20.7. The van der Waals surface area contributed by atoms with Crippen molar-refractivity contribution in [2.45, 2.75) is 38.1 Å². The number of hydrogen-bond donors (Lipinski definition) is 1. The van der Waals surface area contributed by atoms with E-state index in [1.807, 2.05) is 54.6 Å². The molecule has 0 radical (unpaired) electrons. The Morgan fingerprint density at radius 1 is 1.10 bits per heavy atom. The molecule has 152 valence electrons. The Morgan fingerprint density at radius 2 is 1.83 bits per heavy atom. The summed E-state index contributed by atoms with van der Waals surface area (Å²) in [6.07, 6.45) is 2.81. The number of benzene rings is 2. The molecule has 5 rings (SSSR count). The predicted molar refractivity (Wildman–Crippen MR) is 113 cm³/mol. The van der Waals surface area contributed by atoms with Crippen molar-refractivity contribution in [3.05, 3.63) is 71.6 Å². The van der Waals surface area contributed by atoms with Crippen LogP contribution in [0.25, 0.3) is 11.5 Å². The summed E-state index contributed by atoms with van der Waals surface area (Å²) >= 11 is 0. The summed E-state index contributed by atoms with van der Waals surface area (Å²) in [6.45, 7) is 2.35. The largest absolute Gasteiger partial charge is 0.440 e. The van der Waals surface area contributed by atoms with Crippen LogP contribution in [0, 0.1) is 0 Å². The van der Waals surface area contributed by atoms with E-state index in [2.05, 4.69) is 10.3 Å². The highest BCUT2D eigenvalue weighted by atomic mass is 16.4. The second-order valence-corrected chi connectivity index (χ2v) is 7.94. The fraction of sp³-hybridized carbons (Fsp3) is 0.292. The van der Waals surface area contributed by atoms with Crippen LogP contribution in [-0.4, -0.2) is 29.4 Å². The van der Waals surface area contributed by atoms with E-state index in [1.165, 1.54) is 0 Å². The minimum atomic E-state index is -0.660. The smallest absolute Gasteiger partial charge is 0.274 e. The molecule has 1 aliphatic heterocycles. The van der Waals surface area contributed by atoms with Crippen LogP contribution in [0.2, 0.25) is 0 Å². The Labute approximate surface area is 174 Å². The third-order valence-corrected chi connectivity index (χ3v) is 5.71. The number of aromatic nitrogens is 1. The second-order valence-electron chi connectivity index (χ2n) is 7.94. The molecule has 1 aromatic heterocycles. The van der Waals surface area contributed by atoms with E-state index in [4.69, 9.17) is 4.42 Å². The van der Waals surface area contributed by atoms with E-state index in [0.717, 1.165) is 36.1 Å². The van der Waals surface area contributed by atoms with Gasteiger partial charge < -0.3 is 14.6 Å². The molecule has 2 aromatic carbocycles. The quantitative estimate of drug-likeness (QED) is 0.703. The third kappa shape index (κ3) is 3.38. The molecule has 0 saturated heterocycles. The van der Waals surface area contributed by atoms with E-state index in [1.54, 1.807) is 11.8 Å². The van der Waals surface area contributed by atoms with E-state index >= 15 is 0 Å². The summed E-state index contributed by atoms with van der Waals surface area (Å²) in [5.41, 5.74) is 3.20. The molecule has 1 unspecified atom stereocenters. The number of amides is 2. The Kier molecular flexibility index (Phi) is 4.62. The summed E-state index contributed by atoms with van der Waals surface area (Å²) in [4.78, 5) is 32.2. The van der Waals surface area contributed by atoms with Crippen molar-refractivity contribution >= 4 is 17.5 Å². The normalized spacial score (nSPS) is 16.2. The number of anilines is 1. The highest BCUT2D eigenvalue weighted by Crippen LogP contribution is 2.43. The number of oxazole rings is 1. The molecule has 1 fully saturated rings. The predicted octanol–water partition coefficient (Wildman–Crippen LogP) is 3.93. The van der Waals surface area contributed by atoms with Crippen molar-refractivity contribution in [1.29, 1.82) is 0 Å². The van der Waals surface area contributed by atoms with E-state index in [9.17, 15) is 9.59 Å². The molecule has 3 aromatic rings. The van der Waals surface area contributed by atoms with Gasteiger partial charge in [0.15, 0.2) is 5.69 Å². The number of hydrogen-bond acceptors (Lipinski definition) is 4. The number of carbonyl (C=O) groups excluding carboxylic acids is 2. The molecule has 1 N–H and O–H groups in total. The highest BCUT2D eigenvalue weighted by molar-refractivity contribution is 6.03. The molecular formula is C24H23N3O3. The highest BCUT2D eigenvalue weighted by Gasteiger charge is 2.35. The lowest BCUT2D eigenvalue weighted by Crippen LogP contribution is -2.46. The fourth-order valence-corrected chi connectivity index (χ4v) is 3.95. The van der Waals surface area contributed by atoms with E-state index in [-0.39, 0.29) is 23.4 Å². The average Bonchev–Trinajstić information content (AvgIpc) is 3.37. The monoisotopic (exact) mass is 401 g/mol. The van der Waals surface area contributed by atoms with Gasteiger partial charge in [0.25, 0.3) is 5.91 Å². The van der Waals surface area contributed by atoms with Gasteiger partial charge in [0.1, 0.15) is 11.8 Å². The Balaban J connectivity index is 1.35. The fourth-order valence-electron chi connectivity index (χ4n) is 3.95. The van der Waals surface area contributed by atoms with Crippen molar-refractivity contribution in [2.24, 2.45) is 0 Å². The number of nitrogens with zero attached hydrogens (tertiary/aromatic N) is 2. The molecule has 6 heteroatoms. The van der Waals surface area contributed by atoms with Crippen LogP contribution in [0.15, 0.2) is 59.0 Å². The van der Waals surface area contributed by atoms with Gasteiger partial charge in [0, 0.05) is 23.7 Å². The average molecular weight is 401 g/mol. The summed E-state index contributed by atoms with van der Waals surface area (Å²) in [5.74, 6) is 0.809. The van der Waals surface area contributed by atoms with Crippen molar-refractivity contribution < 1.29 is 14.0 Å². The van der Waals surface area contributed by atoms with Gasteiger partial charge >= 0.3 is 0 Å². The maximum atomic E-state index is 13.0. The second kappa shape index (κ2) is 7.44. The maximum absolute atomic E-state index is 13.0. The first kappa shape index (κ1) is 18.6. The number of carbonyl (C=O) groups is 2. The molecule has 0 bridgehead atoms. The topological polar surface area (TPSA) is 75.4 Å². The molecule has 1 saturated carbocycles. The molecule has 0 spiro atoms. The minimum absolute atomic E-state index is 0.118. The van der Waals surface area contributed by atoms with Crippen molar-refractivity contribution in [3.63, 3.8) is 0 Å². The molecule has 6 nitrogen and oxygen atoms in total. The molecular weight excluding hydrogens is 378 g/mol. The number of fused-ring (bicyclic) bond motifs is 1. The Bertz CT molecular complexity index is 1100. The standard InChI is InChI=1S/C24H23N3O3/c1-15(24(29)27-14-13-16-7-5-6-10-19(16)27)25-22(28)20-21(17-11-12-17)30-23(26-20)18-8-3-2-4-9-18/h2-10,15,17H,11-14H2,1H3,(H,25,28). The molecule has 30 heavy (non-hydrogen) atoms. The first-order chi connectivity index (χ1) is 14.6. The first-order valence-electron chi connectivity index (χ1n) is 10.4. The lowest BCUT2D eigenvalue weighted by Gasteiger charge is -2.22. The number of nitrogens with one attached hydrogen (secondary N) is 1. The zero-order valence-corrected chi connectivity index (χ0v) is 16.8. The summed E-state index contributed by atoms with van der Waals surface area (Å²) in [6, 6.07) is 16.8. The molecule has 2 aliphatic rings. The van der Waals surface area contributed by atoms with Crippen molar-refractivity contribution in [3.8, 4) is 11.5 Å². The van der Waals surface area contributed by atoms with Gasteiger partial charge in [-0.1, -0.05) is 36.4 Å². The van der Waals surface area contributed by atoms with Crippen LogP contribution >= 0.6 is 0 Å². The van der Waals surface area contributed by atoms with Crippen LogP contribution in [0.5, 0.6) is 0 Å². The van der Waals surface area contributed by atoms with Gasteiger partial charge in [0.05, 0.1) is 0 Å². The minimum Gasteiger partial charge on any atom is -0.440 e. The molecule has 2 amide bonds. The van der Waals surface area contributed by atoms with E-state index < -0.39 is 6.04 Å². The van der Waals surface area contributed by atoms with Gasteiger partial charge in [-0.25, -0.2) is 4.98 Å². The Hall–Kier alpha value is -3.41. The number of rotatable bonds is 5. The SMILES string of the molecule is CC(NC(=O)c1nc(-c2ccccc2)oc1C1CC1)C(=O)N1CCc2ccccc21. The molecule has 1 aliphatic carbocycles. The zero-order valence-electron chi connectivity index (χ0n) is 16.8. The van der Waals surface area contributed by atoms with Gasteiger partial charge in [-0.05, 0) is 49.9 Å². The van der Waals surface area contributed by atoms with Gasteiger partial charge in [-0.2, -0.15) is 0 Å². The van der Waals surface area contributed by atoms with Crippen LogP contribution in [-0.2, 0) is 11.2 Å². The maximum Gasteiger partial charge on any atom is 0.274 e. The van der Waals surface area contributed by atoms with E-state index in [0.29, 0.717) is 18.2 Å². The third-order valence-electron chi connectivity index (χ3n) is 5.71. The lowest BCUT2D eigenvalue weighted by molar-refractivity contribution is -0.119. The molecule has 2 heterocycles. The van der Waals surface area contributed by atoms with Crippen LogP contribution in [0.3, 0.4) is 0 Å². The van der Waals surface area contributed by atoms with Crippen molar-refractivity contribution in [1.82, 2.24) is 10.3 Å². The van der Waals surface area contributed by atoms with Gasteiger partial charge in [-0.3, -0.25) is 9.59 Å². The van der Waals surface area contributed by atoms with Crippen LogP contribution in [0.1, 0.15) is 47.5 Å². The summed E-state index contributed by atoms with van der Waals surface area (Å²) in [7, 11) is 0. The van der Waals surface area contributed by atoms with Gasteiger partial charge in [-0.15, -0.1) is 0 Å². The van der Waals surface area contributed by atoms with Gasteiger partial charge in [0.2, 0.25) is 11.8 Å². The lowest BCUT2D eigenvalue weighted by atomic mass is 10.2. The summed E-state index contributed by atoms with van der Waals surface area (Å²) < 4.78 is 5.97.